The van der Waals surface area contributed by atoms with Crippen molar-refractivity contribution in [1.29, 1.82) is 0 Å². The number of hydrogen-bond acceptors (Lipinski definition) is 3. The molecule has 16 heavy (non-hydrogen) atoms. The summed E-state index contributed by atoms with van der Waals surface area (Å²) in [6, 6.07) is 5.76. The van der Waals surface area contributed by atoms with Crippen molar-refractivity contribution in [1.82, 2.24) is 0 Å². The molecule has 1 fully saturated rings. The van der Waals surface area contributed by atoms with E-state index in [1.165, 1.54) is 0 Å². The summed E-state index contributed by atoms with van der Waals surface area (Å²) in [6.45, 7) is 0. The molecule has 0 amide bonds. The van der Waals surface area contributed by atoms with Gasteiger partial charge in [-0.1, -0.05) is 12.1 Å². The summed E-state index contributed by atoms with van der Waals surface area (Å²) in [5, 5.41) is 1.02. The van der Waals surface area contributed by atoms with Crippen LogP contribution in [0, 0.1) is 0 Å². The number of ether oxygens (including phenoxy) is 1. The van der Waals surface area contributed by atoms with Crippen LogP contribution in [0.25, 0.3) is 11.0 Å². The number of methoxy groups -OCH3 is 1. The second-order valence-electron chi connectivity index (χ2n) is 4.11. The molecule has 1 saturated carbocycles. The van der Waals surface area contributed by atoms with Gasteiger partial charge in [-0.3, -0.25) is 4.79 Å². The fourth-order valence-electron chi connectivity index (χ4n) is 2.17. The lowest BCUT2D eigenvalue weighted by atomic mass is 10.1. The molecule has 1 aromatic heterocycles. The van der Waals surface area contributed by atoms with Crippen molar-refractivity contribution >= 4 is 17.3 Å². The number of aldehydes is 1. The number of fused-ring (bicyclic) bond motifs is 1. The molecule has 2 aromatic rings. The molecule has 0 saturated heterocycles. The lowest BCUT2D eigenvalue weighted by Crippen LogP contribution is -1.84. The minimum atomic E-state index is 0.460. The molecular weight excluding hydrogens is 204 g/mol. The van der Waals surface area contributed by atoms with Gasteiger partial charge in [-0.25, -0.2) is 0 Å². The first-order chi connectivity index (χ1) is 7.85. The maximum Gasteiger partial charge on any atom is 0.185 e. The Balaban J connectivity index is 2.33. The molecule has 1 heterocycles. The van der Waals surface area contributed by atoms with E-state index in [4.69, 9.17) is 9.15 Å². The fraction of sp³-hybridized carbons (Fsp3) is 0.308. The van der Waals surface area contributed by atoms with Crippen LogP contribution in [-0.4, -0.2) is 13.4 Å². The van der Waals surface area contributed by atoms with Gasteiger partial charge in [-0.05, 0) is 24.8 Å². The molecule has 3 heteroatoms. The minimum absolute atomic E-state index is 0.460. The van der Waals surface area contributed by atoms with Gasteiger partial charge >= 0.3 is 0 Å². The van der Waals surface area contributed by atoms with Crippen molar-refractivity contribution in [3.8, 4) is 5.75 Å². The summed E-state index contributed by atoms with van der Waals surface area (Å²) in [6.07, 6.45) is 3.09. The molecule has 1 aliphatic rings. The van der Waals surface area contributed by atoms with E-state index in [1.54, 1.807) is 7.11 Å². The molecule has 3 nitrogen and oxygen atoms in total. The Labute approximate surface area is 93.0 Å². The second kappa shape index (κ2) is 3.37. The Kier molecular flexibility index (Phi) is 1.99. The molecule has 0 bridgehead atoms. The van der Waals surface area contributed by atoms with Crippen LogP contribution >= 0.6 is 0 Å². The average molecular weight is 216 g/mol. The second-order valence-corrected chi connectivity index (χ2v) is 4.11. The van der Waals surface area contributed by atoms with Crippen molar-refractivity contribution in [3.05, 3.63) is 29.5 Å². The SMILES string of the molecule is COc1cccc2c(C3CC3)c(C=O)oc12. The Morgan fingerprint density at radius 1 is 1.44 bits per heavy atom. The highest BCUT2D eigenvalue weighted by atomic mass is 16.5. The van der Waals surface area contributed by atoms with Crippen LogP contribution in [0.1, 0.15) is 34.9 Å². The van der Waals surface area contributed by atoms with E-state index in [-0.39, 0.29) is 0 Å². The molecule has 1 aliphatic carbocycles. The molecule has 3 rings (SSSR count). The van der Waals surface area contributed by atoms with Crippen LogP contribution in [0.15, 0.2) is 22.6 Å². The number of para-hydroxylation sites is 1. The lowest BCUT2D eigenvalue weighted by Gasteiger charge is -1.99. The zero-order valence-electron chi connectivity index (χ0n) is 9.03. The molecule has 0 N–H and O–H groups in total. The van der Waals surface area contributed by atoms with E-state index in [1.807, 2.05) is 18.2 Å². The maximum absolute atomic E-state index is 11.0. The standard InChI is InChI=1S/C13H12O3/c1-15-10-4-2-3-9-12(8-5-6-8)11(7-14)16-13(9)10/h2-4,7-8H,5-6H2,1H3. The van der Waals surface area contributed by atoms with Crippen molar-refractivity contribution in [2.24, 2.45) is 0 Å². The van der Waals surface area contributed by atoms with E-state index < -0.39 is 0 Å². The van der Waals surface area contributed by atoms with Crippen molar-refractivity contribution < 1.29 is 13.9 Å². The molecule has 1 aromatic carbocycles. The van der Waals surface area contributed by atoms with Crippen molar-refractivity contribution in [2.75, 3.05) is 7.11 Å². The first-order valence-corrected chi connectivity index (χ1v) is 5.39. The highest BCUT2D eigenvalue weighted by Crippen LogP contribution is 2.47. The van der Waals surface area contributed by atoms with Gasteiger partial charge in [0.15, 0.2) is 23.4 Å². The topological polar surface area (TPSA) is 39.4 Å². The molecule has 82 valence electrons. The van der Waals surface area contributed by atoms with Crippen LogP contribution in [0.3, 0.4) is 0 Å². The normalized spacial score (nSPS) is 15.3. The molecule has 0 radical (unpaired) electrons. The monoisotopic (exact) mass is 216 g/mol. The van der Waals surface area contributed by atoms with E-state index in [0.717, 1.165) is 30.1 Å². The quantitative estimate of drug-likeness (QED) is 0.740. The van der Waals surface area contributed by atoms with E-state index in [9.17, 15) is 4.79 Å². The first-order valence-electron chi connectivity index (χ1n) is 5.39. The van der Waals surface area contributed by atoms with Gasteiger partial charge in [0.25, 0.3) is 0 Å². The smallest absolute Gasteiger partial charge is 0.185 e. The van der Waals surface area contributed by atoms with Gasteiger partial charge in [0, 0.05) is 10.9 Å². The summed E-state index contributed by atoms with van der Waals surface area (Å²) < 4.78 is 10.8. The highest BCUT2D eigenvalue weighted by molar-refractivity contribution is 5.93. The van der Waals surface area contributed by atoms with Crippen LogP contribution in [0.5, 0.6) is 5.75 Å². The molecular formula is C13H12O3. The zero-order chi connectivity index (χ0) is 11.1. The Morgan fingerprint density at radius 3 is 2.88 bits per heavy atom. The van der Waals surface area contributed by atoms with Crippen LogP contribution in [0.4, 0.5) is 0 Å². The summed E-state index contributed by atoms with van der Waals surface area (Å²) in [7, 11) is 1.61. The highest BCUT2D eigenvalue weighted by Gasteiger charge is 2.31. The van der Waals surface area contributed by atoms with Crippen molar-refractivity contribution in [3.63, 3.8) is 0 Å². The Hall–Kier alpha value is -1.77. The third kappa shape index (κ3) is 1.24. The van der Waals surface area contributed by atoms with Gasteiger partial charge in [0.05, 0.1) is 7.11 Å². The maximum atomic E-state index is 11.0. The van der Waals surface area contributed by atoms with Gasteiger partial charge in [-0.2, -0.15) is 0 Å². The summed E-state index contributed by atoms with van der Waals surface area (Å²) in [5.74, 6) is 1.64. The van der Waals surface area contributed by atoms with Crippen LogP contribution < -0.4 is 4.74 Å². The number of carbonyl (C=O) groups excluding carboxylic acids is 1. The predicted molar refractivity (Wildman–Crippen MR) is 60.1 cm³/mol. The lowest BCUT2D eigenvalue weighted by molar-refractivity contribution is 0.110. The number of carbonyl (C=O) groups is 1. The van der Waals surface area contributed by atoms with E-state index >= 15 is 0 Å². The molecule has 0 unspecified atom stereocenters. The fourth-order valence-corrected chi connectivity index (χ4v) is 2.17. The summed E-state index contributed by atoms with van der Waals surface area (Å²) in [5.41, 5.74) is 1.75. The van der Waals surface area contributed by atoms with E-state index in [2.05, 4.69) is 0 Å². The van der Waals surface area contributed by atoms with Crippen molar-refractivity contribution in [2.45, 2.75) is 18.8 Å². The molecule has 0 aliphatic heterocycles. The third-order valence-electron chi connectivity index (χ3n) is 3.06. The Morgan fingerprint density at radius 2 is 2.25 bits per heavy atom. The van der Waals surface area contributed by atoms with E-state index in [0.29, 0.717) is 23.0 Å². The minimum Gasteiger partial charge on any atom is -0.493 e. The number of rotatable bonds is 3. The predicted octanol–water partition coefficient (Wildman–Crippen LogP) is 3.13. The molecule has 0 spiro atoms. The van der Waals surface area contributed by atoms with Gasteiger partial charge in [0.2, 0.25) is 0 Å². The number of hydrogen-bond donors (Lipinski definition) is 0. The summed E-state index contributed by atoms with van der Waals surface area (Å²) >= 11 is 0. The van der Waals surface area contributed by atoms with Gasteiger partial charge < -0.3 is 9.15 Å². The average Bonchev–Trinajstić information content (AvgIpc) is 3.08. The Bertz CT molecular complexity index is 550. The van der Waals surface area contributed by atoms with Crippen LogP contribution in [0.2, 0.25) is 0 Å². The van der Waals surface area contributed by atoms with Gasteiger partial charge in [-0.15, -0.1) is 0 Å². The van der Waals surface area contributed by atoms with Crippen LogP contribution in [-0.2, 0) is 0 Å². The molecule has 0 atom stereocenters. The third-order valence-corrected chi connectivity index (χ3v) is 3.06. The largest absolute Gasteiger partial charge is 0.493 e. The first kappa shape index (κ1) is 9.46. The van der Waals surface area contributed by atoms with Gasteiger partial charge in [0.1, 0.15) is 0 Å². The number of furan rings is 1. The number of benzene rings is 1. The zero-order valence-corrected chi connectivity index (χ0v) is 9.03. The summed E-state index contributed by atoms with van der Waals surface area (Å²) in [4.78, 5) is 11.0.